The van der Waals surface area contributed by atoms with Crippen LogP contribution in [0.2, 0.25) is 0 Å². The van der Waals surface area contributed by atoms with E-state index >= 15 is 0 Å². The lowest BCUT2D eigenvalue weighted by atomic mass is 10.0. The highest BCUT2D eigenvalue weighted by molar-refractivity contribution is 6.53. The van der Waals surface area contributed by atoms with Crippen LogP contribution in [0.3, 0.4) is 0 Å². The van der Waals surface area contributed by atoms with E-state index in [1.54, 1.807) is 13.8 Å². The van der Waals surface area contributed by atoms with E-state index in [0.717, 1.165) is 0 Å². The van der Waals surface area contributed by atoms with Gasteiger partial charge in [-0.2, -0.15) is 0 Å². The molecule has 0 aromatic rings. The maximum Gasteiger partial charge on any atom is 0.258 e. The summed E-state index contributed by atoms with van der Waals surface area (Å²) in [7, 11) is 0. The molecule has 1 atom stereocenters. The van der Waals surface area contributed by atoms with Crippen molar-refractivity contribution in [2.24, 2.45) is 5.92 Å². The first-order valence-electron chi connectivity index (χ1n) is 5.12. The molecule has 2 amide bonds. The van der Waals surface area contributed by atoms with Gasteiger partial charge in [0.1, 0.15) is 11.7 Å². The van der Waals surface area contributed by atoms with Gasteiger partial charge in [0, 0.05) is 0 Å². The molecule has 6 heteroatoms. The summed E-state index contributed by atoms with van der Waals surface area (Å²) in [4.78, 5) is 23.9. The van der Waals surface area contributed by atoms with Gasteiger partial charge in [-0.15, -0.1) is 0 Å². The Morgan fingerprint density at radius 3 is 2.31 bits per heavy atom. The third-order valence-corrected chi connectivity index (χ3v) is 3.14. The zero-order valence-corrected chi connectivity index (χ0v) is 11.3. The monoisotopic (exact) mass is 266 g/mol. The van der Waals surface area contributed by atoms with E-state index in [1.165, 1.54) is 4.90 Å². The predicted molar refractivity (Wildman–Crippen MR) is 63.2 cm³/mol. The van der Waals surface area contributed by atoms with Gasteiger partial charge in [-0.25, -0.2) is 0 Å². The molecule has 1 N–H and O–H groups in total. The summed E-state index contributed by atoms with van der Waals surface area (Å²) < 4.78 is 0. The van der Waals surface area contributed by atoms with Crippen LogP contribution in [-0.4, -0.2) is 33.3 Å². The van der Waals surface area contributed by atoms with Gasteiger partial charge in [0.2, 0.25) is 5.91 Å². The zero-order chi connectivity index (χ0) is 12.7. The Kier molecular flexibility index (Phi) is 3.75. The number of carbonyl (C=O) groups is 2. The predicted octanol–water partition coefficient (Wildman–Crippen LogP) is 1.51. The third kappa shape index (κ3) is 2.13. The standard InChI is InChI=1S/C10H16Cl2N2O2/c1-5(2)7-13-9(16)10(3,4)14(7)8(15)6(11)12/h5-7H,1-4H3,(H,13,16). The Balaban J connectivity index is 3.08. The van der Waals surface area contributed by atoms with Crippen LogP contribution in [0.1, 0.15) is 27.7 Å². The molecule has 16 heavy (non-hydrogen) atoms. The van der Waals surface area contributed by atoms with Crippen LogP contribution in [0.5, 0.6) is 0 Å². The molecule has 0 radical (unpaired) electrons. The molecule has 1 aliphatic heterocycles. The number of alkyl halides is 2. The molecule has 1 unspecified atom stereocenters. The van der Waals surface area contributed by atoms with E-state index < -0.39 is 16.3 Å². The Labute approximate surface area is 105 Å². The Bertz CT molecular complexity index is 316. The highest BCUT2D eigenvalue weighted by atomic mass is 35.5. The lowest BCUT2D eigenvalue weighted by Gasteiger charge is -2.34. The summed E-state index contributed by atoms with van der Waals surface area (Å²) >= 11 is 11.2. The minimum atomic E-state index is -1.15. The molecule has 1 heterocycles. The van der Waals surface area contributed by atoms with Gasteiger partial charge in [-0.3, -0.25) is 9.59 Å². The van der Waals surface area contributed by atoms with Gasteiger partial charge in [0.05, 0.1) is 0 Å². The Hall–Kier alpha value is -0.480. The number of amides is 2. The van der Waals surface area contributed by atoms with E-state index in [0.29, 0.717) is 0 Å². The zero-order valence-electron chi connectivity index (χ0n) is 9.75. The first-order valence-corrected chi connectivity index (χ1v) is 5.99. The number of hydrogen-bond donors (Lipinski definition) is 1. The van der Waals surface area contributed by atoms with E-state index in [2.05, 4.69) is 5.32 Å². The summed E-state index contributed by atoms with van der Waals surface area (Å²) in [5.74, 6) is -0.527. The number of rotatable bonds is 2. The van der Waals surface area contributed by atoms with Crippen LogP contribution in [0.25, 0.3) is 0 Å². The number of nitrogens with one attached hydrogen (secondary N) is 1. The van der Waals surface area contributed by atoms with Crippen molar-refractivity contribution in [2.45, 2.75) is 44.2 Å². The molecule has 1 saturated heterocycles. The average molecular weight is 267 g/mol. The lowest BCUT2D eigenvalue weighted by Crippen LogP contribution is -2.53. The lowest BCUT2D eigenvalue weighted by molar-refractivity contribution is -0.139. The van der Waals surface area contributed by atoms with E-state index in [1.807, 2.05) is 13.8 Å². The number of carbonyl (C=O) groups excluding carboxylic acids is 2. The van der Waals surface area contributed by atoms with Gasteiger partial charge in [-0.05, 0) is 19.8 Å². The van der Waals surface area contributed by atoms with Crippen molar-refractivity contribution in [3.63, 3.8) is 0 Å². The largest absolute Gasteiger partial charge is 0.334 e. The van der Waals surface area contributed by atoms with Gasteiger partial charge in [0.15, 0.2) is 4.84 Å². The first kappa shape index (κ1) is 13.6. The molecule has 0 spiro atoms. The molecular formula is C10H16Cl2N2O2. The average Bonchev–Trinajstić information content (AvgIpc) is 2.37. The van der Waals surface area contributed by atoms with Crippen molar-refractivity contribution in [3.8, 4) is 0 Å². The molecule has 0 aliphatic carbocycles. The van der Waals surface area contributed by atoms with E-state index in [4.69, 9.17) is 23.2 Å². The topological polar surface area (TPSA) is 49.4 Å². The summed E-state index contributed by atoms with van der Waals surface area (Å²) in [6.07, 6.45) is -0.352. The molecule has 1 fully saturated rings. The molecule has 1 aliphatic rings. The normalized spacial score (nSPS) is 24.1. The molecule has 0 aromatic carbocycles. The summed E-state index contributed by atoms with van der Waals surface area (Å²) in [6, 6.07) is 0. The highest BCUT2D eigenvalue weighted by Gasteiger charge is 2.50. The van der Waals surface area contributed by atoms with Gasteiger partial charge < -0.3 is 10.2 Å². The second-order valence-corrected chi connectivity index (χ2v) is 5.83. The summed E-state index contributed by atoms with van der Waals surface area (Å²) in [6.45, 7) is 7.20. The fourth-order valence-corrected chi connectivity index (χ4v) is 2.03. The van der Waals surface area contributed by atoms with Crippen molar-refractivity contribution >= 4 is 35.0 Å². The number of nitrogens with zero attached hydrogens (tertiary/aromatic N) is 1. The summed E-state index contributed by atoms with van der Waals surface area (Å²) in [5.41, 5.74) is -0.909. The fourth-order valence-electron chi connectivity index (χ4n) is 1.82. The minimum absolute atomic E-state index is 0.0989. The van der Waals surface area contributed by atoms with Gasteiger partial charge in [-0.1, -0.05) is 37.0 Å². The van der Waals surface area contributed by atoms with Crippen molar-refractivity contribution < 1.29 is 9.59 Å². The molecule has 1 rings (SSSR count). The quantitative estimate of drug-likeness (QED) is 0.771. The van der Waals surface area contributed by atoms with Crippen molar-refractivity contribution in [1.29, 1.82) is 0 Å². The van der Waals surface area contributed by atoms with Crippen LogP contribution in [0.15, 0.2) is 0 Å². The Morgan fingerprint density at radius 2 is 1.94 bits per heavy atom. The maximum atomic E-state index is 11.9. The highest BCUT2D eigenvalue weighted by Crippen LogP contribution is 2.29. The Morgan fingerprint density at radius 1 is 1.44 bits per heavy atom. The number of halogens is 2. The third-order valence-electron chi connectivity index (χ3n) is 2.77. The van der Waals surface area contributed by atoms with E-state index in [9.17, 15) is 9.59 Å². The van der Waals surface area contributed by atoms with Gasteiger partial charge in [0.25, 0.3) is 5.91 Å². The van der Waals surface area contributed by atoms with Crippen molar-refractivity contribution in [2.75, 3.05) is 0 Å². The van der Waals surface area contributed by atoms with Crippen molar-refractivity contribution in [3.05, 3.63) is 0 Å². The minimum Gasteiger partial charge on any atom is -0.334 e. The molecule has 0 aromatic heterocycles. The SMILES string of the molecule is CC(C)C1NC(=O)C(C)(C)N1C(=O)C(Cl)Cl. The second-order valence-electron chi connectivity index (χ2n) is 4.73. The smallest absolute Gasteiger partial charge is 0.258 e. The van der Waals surface area contributed by atoms with Gasteiger partial charge >= 0.3 is 0 Å². The first-order chi connectivity index (χ1) is 7.19. The second kappa shape index (κ2) is 4.41. The van der Waals surface area contributed by atoms with Crippen LogP contribution in [0.4, 0.5) is 0 Å². The van der Waals surface area contributed by atoms with E-state index in [-0.39, 0.29) is 18.0 Å². The van der Waals surface area contributed by atoms with Crippen LogP contribution in [-0.2, 0) is 9.59 Å². The molecule has 0 bridgehead atoms. The fraction of sp³-hybridized carbons (Fsp3) is 0.800. The van der Waals surface area contributed by atoms with Crippen LogP contribution >= 0.6 is 23.2 Å². The summed E-state index contributed by atoms with van der Waals surface area (Å²) in [5, 5.41) is 2.78. The molecule has 0 saturated carbocycles. The maximum absolute atomic E-state index is 11.9. The van der Waals surface area contributed by atoms with Crippen LogP contribution in [0, 0.1) is 5.92 Å². The van der Waals surface area contributed by atoms with Crippen molar-refractivity contribution in [1.82, 2.24) is 10.2 Å². The van der Waals surface area contributed by atoms with Crippen LogP contribution < -0.4 is 5.32 Å². The number of hydrogen-bond acceptors (Lipinski definition) is 2. The molecule has 4 nitrogen and oxygen atoms in total. The molecular weight excluding hydrogens is 251 g/mol. The molecule has 92 valence electrons.